The summed E-state index contributed by atoms with van der Waals surface area (Å²) in [5, 5.41) is 0. The highest BCUT2D eigenvalue weighted by Gasteiger charge is 2.30. The Bertz CT molecular complexity index is 454. The maximum absolute atomic E-state index is 12.1. The summed E-state index contributed by atoms with van der Waals surface area (Å²) in [6.45, 7) is 2.91. The molecule has 96 valence electrons. The van der Waals surface area contributed by atoms with E-state index < -0.39 is 0 Å². The number of benzene rings is 1. The van der Waals surface area contributed by atoms with Gasteiger partial charge in [-0.15, -0.1) is 0 Å². The van der Waals surface area contributed by atoms with Gasteiger partial charge in [0.25, 0.3) is 0 Å². The molecule has 0 N–H and O–H groups in total. The second kappa shape index (κ2) is 4.63. The van der Waals surface area contributed by atoms with Crippen molar-refractivity contribution in [2.24, 2.45) is 0 Å². The van der Waals surface area contributed by atoms with Gasteiger partial charge < -0.3 is 9.64 Å². The lowest BCUT2D eigenvalue weighted by molar-refractivity contribution is 0.150. The topological polar surface area (TPSA) is 29.5 Å². The molecule has 1 aromatic carbocycles. The van der Waals surface area contributed by atoms with Crippen molar-refractivity contribution >= 4 is 6.09 Å². The maximum Gasteiger partial charge on any atom is 0.415 e. The number of carbonyl (C=O) groups excluding carboxylic acids is 1. The van der Waals surface area contributed by atoms with Crippen molar-refractivity contribution in [3.05, 3.63) is 29.8 Å². The van der Waals surface area contributed by atoms with Gasteiger partial charge in [0, 0.05) is 12.6 Å². The van der Waals surface area contributed by atoms with Crippen LogP contribution in [0.15, 0.2) is 24.3 Å². The fourth-order valence-electron chi connectivity index (χ4n) is 2.66. The largest absolute Gasteiger partial charge is 0.415 e. The number of nitrogens with zero attached hydrogens (tertiary/aromatic N) is 1. The van der Waals surface area contributed by atoms with Crippen molar-refractivity contribution in [1.82, 2.24) is 4.90 Å². The van der Waals surface area contributed by atoms with Crippen LogP contribution in [0, 0.1) is 0 Å². The van der Waals surface area contributed by atoms with Crippen LogP contribution >= 0.6 is 0 Å². The van der Waals surface area contributed by atoms with Gasteiger partial charge in [-0.1, -0.05) is 18.2 Å². The number of hydrogen-bond donors (Lipinski definition) is 0. The van der Waals surface area contributed by atoms with Gasteiger partial charge in [-0.3, -0.25) is 0 Å². The van der Waals surface area contributed by atoms with Crippen molar-refractivity contribution in [3.63, 3.8) is 0 Å². The lowest BCUT2D eigenvalue weighted by Crippen LogP contribution is -2.36. The number of carbonyl (C=O) groups is 1. The van der Waals surface area contributed by atoms with Crippen LogP contribution in [0.1, 0.15) is 44.1 Å². The predicted molar refractivity (Wildman–Crippen MR) is 69.8 cm³/mol. The van der Waals surface area contributed by atoms with E-state index in [4.69, 9.17) is 4.74 Å². The predicted octanol–water partition coefficient (Wildman–Crippen LogP) is 3.55. The SMILES string of the molecule is CC1CCCN1C(=O)Oc1ccccc1C1CC1. The lowest BCUT2D eigenvalue weighted by Gasteiger charge is -2.21. The van der Waals surface area contributed by atoms with E-state index in [1.807, 2.05) is 23.1 Å². The molecule has 1 saturated heterocycles. The van der Waals surface area contributed by atoms with Crippen LogP contribution in [0.25, 0.3) is 0 Å². The number of ether oxygens (including phenoxy) is 1. The number of para-hydroxylation sites is 1. The molecule has 1 heterocycles. The zero-order chi connectivity index (χ0) is 12.5. The molecular formula is C15H19NO2. The van der Waals surface area contributed by atoms with Gasteiger partial charge in [-0.2, -0.15) is 0 Å². The van der Waals surface area contributed by atoms with Gasteiger partial charge in [0.15, 0.2) is 0 Å². The van der Waals surface area contributed by atoms with E-state index >= 15 is 0 Å². The highest BCUT2D eigenvalue weighted by Crippen LogP contribution is 2.44. The van der Waals surface area contributed by atoms with E-state index in [-0.39, 0.29) is 6.09 Å². The molecule has 2 fully saturated rings. The third kappa shape index (κ3) is 2.22. The van der Waals surface area contributed by atoms with Crippen molar-refractivity contribution in [2.75, 3.05) is 6.54 Å². The van der Waals surface area contributed by atoms with Crippen LogP contribution < -0.4 is 4.74 Å². The molecule has 2 aliphatic rings. The van der Waals surface area contributed by atoms with Gasteiger partial charge in [0.05, 0.1) is 0 Å². The Morgan fingerprint density at radius 3 is 2.72 bits per heavy atom. The third-order valence-corrected chi connectivity index (χ3v) is 3.92. The molecule has 18 heavy (non-hydrogen) atoms. The quantitative estimate of drug-likeness (QED) is 0.797. The first-order valence-electron chi connectivity index (χ1n) is 6.83. The van der Waals surface area contributed by atoms with Crippen molar-refractivity contribution in [1.29, 1.82) is 0 Å². The number of hydrogen-bond acceptors (Lipinski definition) is 2. The minimum Gasteiger partial charge on any atom is -0.410 e. The monoisotopic (exact) mass is 245 g/mol. The van der Waals surface area contributed by atoms with E-state index in [9.17, 15) is 4.79 Å². The fourth-order valence-corrected chi connectivity index (χ4v) is 2.66. The summed E-state index contributed by atoms with van der Waals surface area (Å²) in [5.41, 5.74) is 1.19. The Kier molecular flexibility index (Phi) is 2.98. The minimum absolute atomic E-state index is 0.187. The average molecular weight is 245 g/mol. The summed E-state index contributed by atoms with van der Waals surface area (Å²) in [4.78, 5) is 14.0. The second-order valence-electron chi connectivity index (χ2n) is 5.36. The van der Waals surface area contributed by atoms with Gasteiger partial charge in [-0.25, -0.2) is 4.79 Å². The zero-order valence-electron chi connectivity index (χ0n) is 10.8. The molecule has 1 amide bonds. The molecule has 1 aliphatic carbocycles. The Labute approximate surface area is 108 Å². The summed E-state index contributed by atoms with van der Waals surface area (Å²) in [5.74, 6) is 1.36. The second-order valence-corrected chi connectivity index (χ2v) is 5.36. The number of likely N-dealkylation sites (tertiary alicyclic amines) is 1. The molecule has 1 unspecified atom stereocenters. The first-order valence-corrected chi connectivity index (χ1v) is 6.83. The van der Waals surface area contributed by atoms with Crippen LogP contribution in [0.4, 0.5) is 4.79 Å². The summed E-state index contributed by atoms with van der Waals surface area (Å²) < 4.78 is 5.59. The normalized spacial score (nSPS) is 23.2. The standard InChI is InChI=1S/C15H19NO2/c1-11-5-4-10-16(11)15(17)18-14-7-3-2-6-13(14)12-8-9-12/h2-3,6-7,11-12H,4-5,8-10H2,1H3. The Balaban J connectivity index is 1.74. The van der Waals surface area contributed by atoms with Gasteiger partial charge in [0.2, 0.25) is 0 Å². The third-order valence-electron chi connectivity index (χ3n) is 3.92. The Morgan fingerprint density at radius 1 is 1.28 bits per heavy atom. The molecule has 1 atom stereocenters. The first-order chi connectivity index (χ1) is 8.75. The summed E-state index contributed by atoms with van der Waals surface area (Å²) in [6, 6.07) is 8.25. The zero-order valence-corrected chi connectivity index (χ0v) is 10.8. The van der Waals surface area contributed by atoms with E-state index in [1.54, 1.807) is 0 Å². The van der Waals surface area contributed by atoms with E-state index in [2.05, 4.69) is 13.0 Å². The molecule has 1 saturated carbocycles. The molecule has 3 heteroatoms. The molecule has 0 aromatic heterocycles. The van der Waals surface area contributed by atoms with E-state index in [1.165, 1.54) is 18.4 Å². The van der Waals surface area contributed by atoms with Crippen LogP contribution in [-0.4, -0.2) is 23.6 Å². The highest BCUT2D eigenvalue weighted by molar-refractivity contribution is 5.72. The summed E-state index contributed by atoms with van der Waals surface area (Å²) in [6.07, 6.45) is 4.41. The summed E-state index contributed by atoms with van der Waals surface area (Å²) >= 11 is 0. The molecule has 1 aliphatic heterocycles. The minimum atomic E-state index is -0.187. The molecule has 3 nitrogen and oxygen atoms in total. The molecule has 0 spiro atoms. The van der Waals surface area contributed by atoms with Crippen LogP contribution in [0.3, 0.4) is 0 Å². The summed E-state index contributed by atoms with van der Waals surface area (Å²) in [7, 11) is 0. The molecule has 1 aromatic rings. The van der Waals surface area contributed by atoms with Crippen LogP contribution in [-0.2, 0) is 0 Å². The van der Waals surface area contributed by atoms with Crippen LogP contribution in [0.2, 0.25) is 0 Å². The highest BCUT2D eigenvalue weighted by atomic mass is 16.6. The first kappa shape index (κ1) is 11.6. The average Bonchev–Trinajstić information content (AvgIpc) is 3.12. The smallest absolute Gasteiger partial charge is 0.410 e. The molecule has 0 bridgehead atoms. The molecule has 3 rings (SSSR count). The van der Waals surface area contributed by atoms with Gasteiger partial charge >= 0.3 is 6.09 Å². The lowest BCUT2D eigenvalue weighted by atomic mass is 10.1. The van der Waals surface area contributed by atoms with Gasteiger partial charge in [0.1, 0.15) is 5.75 Å². The van der Waals surface area contributed by atoms with Crippen molar-refractivity contribution in [3.8, 4) is 5.75 Å². The van der Waals surface area contributed by atoms with Crippen LogP contribution in [0.5, 0.6) is 5.75 Å². The Morgan fingerprint density at radius 2 is 2.06 bits per heavy atom. The Hall–Kier alpha value is -1.51. The fraction of sp³-hybridized carbons (Fsp3) is 0.533. The number of amides is 1. The number of rotatable bonds is 2. The van der Waals surface area contributed by atoms with E-state index in [0.29, 0.717) is 12.0 Å². The van der Waals surface area contributed by atoms with Crippen molar-refractivity contribution < 1.29 is 9.53 Å². The van der Waals surface area contributed by atoms with Gasteiger partial charge in [-0.05, 0) is 50.2 Å². The molecule has 0 radical (unpaired) electrons. The van der Waals surface area contributed by atoms with E-state index in [0.717, 1.165) is 25.1 Å². The van der Waals surface area contributed by atoms with Crippen molar-refractivity contribution in [2.45, 2.75) is 44.6 Å². The maximum atomic E-state index is 12.1. The molecular weight excluding hydrogens is 226 g/mol.